The largest absolute Gasteiger partial charge is 2.00 e. The van der Waals surface area contributed by atoms with Gasteiger partial charge in [-0.1, -0.05) is 178 Å². The number of benzene rings is 4. The Balaban J connectivity index is 0.000000427. The summed E-state index contributed by atoms with van der Waals surface area (Å²) in [5, 5.41) is 22.2. The second-order valence-electron chi connectivity index (χ2n) is 16.2. The number of ether oxygens (including phenoxy) is 2. The third kappa shape index (κ3) is 24.3. The van der Waals surface area contributed by atoms with E-state index in [1.54, 1.807) is 24.3 Å². The number of hydrogen-bond acceptors (Lipinski definition) is 9. The van der Waals surface area contributed by atoms with Crippen LogP contribution in [0, 0.1) is 0 Å². The standard InChI is InChI=1S/2C25H36O5S.Ca/c2*1-2-3-4-5-6-7-8-9-10-11-12-14-21-17-18-24(26)25(19-21)30-22-15-13-16-23(20-22)31(27,28)29;/h2*13,15-20,26H,2-12,14H2,1H3,(H,27,28,29);/q;;+2/p-2. The Morgan fingerprint density at radius 2 is 0.873 bits per heavy atom. The molecule has 0 radical (unpaired) electrons. The van der Waals surface area contributed by atoms with E-state index in [1.807, 2.05) is 12.1 Å². The minimum absolute atomic E-state index is 0. The maximum absolute atomic E-state index is 12.1. The van der Waals surface area contributed by atoms with E-state index in [1.165, 1.54) is 164 Å². The van der Waals surface area contributed by atoms with Gasteiger partial charge in [0.2, 0.25) is 0 Å². The maximum atomic E-state index is 12.1. The van der Waals surface area contributed by atoms with Crippen molar-refractivity contribution in [2.24, 2.45) is 0 Å². The fourth-order valence-corrected chi connectivity index (χ4v) is 8.24. The van der Waals surface area contributed by atoms with Gasteiger partial charge in [-0.3, -0.25) is 4.55 Å². The van der Waals surface area contributed by atoms with Crippen LogP contribution in [-0.4, -0.2) is 68.8 Å². The first kappa shape index (κ1) is 56.3. The molecule has 10 nitrogen and oxygen atoms in total. The zero-order chi connectivity index (χ0) is 45.1. The van der Waals surface area contributed by atoms with Gasteiger partial charge in [0.25, 0.3) is 10.1 Å². The predicted molar refractivity (Wildman–Crippen MR) is 251 cm³/mol. The molecule has 13 heteroatoms. The van der Waals surface area contributed by atoms with Crippen LogP contribution in [0.25, 0.3) is 0 Å². The SMILES string of the molecule is CCCCCCCCCCCCCc1ccc(O)c(Oc2cccc(S(=O)(=O)O)c2)c1.CCCCCCCCCCCCCc1ccc([O-])c(Oc2cccc(S(=O)(=O)[O-])c2)c1.[Ca+2]. The van der Waals surface area contributed by atoms with Crippen LogP contribution in [0.2, 0.25) is 0 Å². The van der Waals surface area contributed by atoms with Crippen molar-refractivity contribution in [1.82, 2.24) is 0 Å². The zero-order valence-corrected chi connectivity index (χ0v) is 41.6. The number of phenols is 1. The molecule has 0 aliphatic rings. The second kappa shape index (κ2) is 31.9. The third-order valence-corrected chi connectivity index (χ3v) is 12.5. The van der Waals surface area contributed by atoms with E-state index in [-0.39, 0.29) is 82.0 Å². The number of aryl methyl sites for hydroxylation is 2. The van der Waals surface area contributed by atoms with E-state index < -0.39 is 20.2 Å². The average molecular weight is 935 g/mol. The van der Waals surface area contributed by atoms with E-state index in [0.717, 1.165) is 49.3 Å². The van der Waals surface area contributed by atoms with Gasteiger partial charge in [-0.2, -0.15) is 8.42 Å². The first-order chi connectivity index (χ1) is 29.8. The monoisotopic (exact) mass is 934 g/mol. The number of rotatable bonds is 30. The summed E-state index contributed by atoms with van der Waals surface area (Å²) in [6.45, 7) is 4.49. The van der Waals surface area contributed by atoms with Crippen LogP contribution in [0.3, 0.4) is 0 Å². The van der Waals surface area contributed by atoms with Gasteiger partial charge in [-0.05, 0) is 85.3 Å². The van der Waals surface area contributed by atoms with Gasteiger partial charge in [0.15, 0.2) is 11.5 Å². The normalized spacial score (nSPS) is 11.4. The molecule has 0 aliphatic carbocycles. The summed E-state index contributed by atoms with van der Waals surface area (Å²) in [4.78, 5) is -0.629. The van der Waals surface area contributed by atoms with Crippen LogP contribution >= 0.6 is 0 Å². The van der Waals surface area contributed by atoms with Crippen molar-refractivity contribution < 1.29 is 45.6 Å². The van der Waals surface area contributed by atoms with E-state index in [4.69, 9.17) is 9.47 Å². The van der Waals surface area contributed by atoms with Crippen molar-refractivity contribution in [3.8, 4) is 34.5 Å². The summed E-state index contributed by atoms with van der Waals surface area (Å²) in [5.41, 5.74) is 2.08. The van der Waals surface area contributed by atoms with Gasteiger partial charge in [0, 0.05) is 6.07 Å². The summed E-state index contributed by atoms with van der Waals surface area (Å²) in [6, 6.07) is 21.1. The van der Waals surface area contributed by atoms with Crippen LogP contribution in [0.4, 0.5) is 0 Å². The van der Waals surface area contributed by atoms with Crippen LogP contribution in [0.1, 0.15) is 166 Å². The molecular weight excluding hydrogens is 865 g/mol. The number of phenolic OH excluding ortho intramolecular Hbond substituents is 1. The zero-order valence-electron chi connectivity index (χ0n) is 37.7. The Morgan fingerprint density at radius 1 is 0.492 bits per heavy atom. The molecule has 0 amide bonds. The van der Waals surface area contributed by atoms with Crippen molar-refractivity contribution in [2.45, 2.75) is 178 Å². The van der Waals surface area contributed by atoms with Crippen molar-refractivity contribution in [1.29, 1.82) is 0 Å². The molecule has 63 heavy (non-hydrogen) atoms. The van der Waals surface area contributed by atoms with Gasteiger partial charge < -0.3 is 24.2 Å². The molecule has 0 saturated heterocycles. The molecule has 0 spiro atoms. The molecule has 0 fully saturated rings. The molecule has 0 aromatic heterocycles. The molecule has 2 N–H and O–H groups in total. The first-order valence-corrected chi connectivity index (χ1v) is 25.8. The summed E-state index contributed by atoms with van der Waals surface area (Å²) in [7, 11) is -8.88. The first-order valence-electron chi connectivity index (χ1n) is 22.9. The summed E-state index contributed by atoms with van der Waals surface area (Å²) in [5.74, 6) is 0.505. The molecular formula is C50H70CaO10S2. The topological polar surface area (TPSA) is 173 Å². The van der Waals surface area contributed by atoms with E-state index >= 15 is 0 Å². The molecule has 4 aromatic carbocycles. The Labute approximate surface area is 408 Å². The van der Waals surface area contributed by atoms with E-state index in [9.17, 15) is 36.2 Å². The summed E-state index contributed by atoms with van der Waals surface area (Å²) < 4.78 is 76.5. The van der Waals surface area contributed by atoms with Gasteiger partial charge in [-0.25, -0.2) is 8.42 Å². The van der Waals surface area contributed by atoms with Gasteiger partial charge in [0.1, 0.15) is 27.4 Å². The summed E-state index contributed by atoms with van der Waals surface area (Å²) in [6.07, 6.45) is 30.1. The molecule has 4 aromatic rings. The number of hydrogen-bond donors (Lipinski definition) is 2. The van der Waals surface area contributed by atoms with Crippen molar-refractivity contribution in [3.05, 3.63) is 96.1 Å². The average Bonchev–Trinajstić information content (AvgIpc) is 3.24. The second-order valence-corrected chi connectivity index (χ2v) is 19.0. The molecule has 0 aliphatic heterocycles. The minimum Gasteiger partial charge on any atom is -0.870 e. The van der Waals surface area contributed by atoms with Gasteiger partial charge in [-0.15, -0.1) is 0 Å². The Morgan fingerprint density at radius 3 is 1.32 bits per heavy atom. The van der Waals surface area contributed by atoms with Crippen LogP contribution in [-0.2, 0) is 33.1 Å². The number of aromatic hydroxyl groups is 1. The number of unbranched alkanes of at least 4 members (excludes halogenated alkanes) is 20. The van der Waals surface area contributed by atoms with E-state index in [0.29, 0.717) is 0 Å². The van der Waals surface area contributed by atoms with Crippen LogP contribution in [0.15, 0.2) is 94.7 Å². The van der Waals surface area contributed by atoms with Crippen LogP contribution < -0.4 is 14.6 Å². The molecule has 0 unspecified atom stereocenters. The maximum Gasteiger partial charge on any atom is 2.00 e. The fraction of sp³-hybridized carbons (Fsp3) is 0.520. The predicted octanol–water partition coefficient (Wildman–Crippen LogP) is 13.2. The summed E-state index contributed by atoms with van der Waals surface area (Å²) >= 11 is 0. The van der Waals surface area contributed by atoms with Gasteiger partial charge >= 0.3 is 37.7 Å². The quantitative estimate of drug-likeness (QED) is 0.0291. The molecule has 4 rings (SSSR count). The minimum atomic E-state index is -4.57. The molecule has 0 atom stereocenters. The van der Waals surface area contributed by atoms with Gasteiger partial charge in [0.05, 0.1) is 9.79 Å². The Bertz CT molecular complexity index is 1940. The third-order valence-electron chi connectivity index (χ3n) is 10.8. The molecule has 0 heterocycles. The van der Waals surface area contributed by atoms with Crippen molar-refractivity contribution >= 4 is 58.0 Å². The van der Waals surface area contributed by atoms with E-state index in [2.05, 4.69) is 13.8 Å². The Kier molecular flexibility index (Phi) is 28.5. The molecule has 0 saturated carbocycles. The van der Waals surface area contributed by atoms with Crippen molar-refractivity contribution in [3.63, 3.8) is 0 Å². The molecule has 344 valence electrons. The smallest absolute Gasteiger partial charge is 0.870 e. The molecule has 0 bridgehead atoms. The Hall–Kier alpha value is -2.84. The fourth-order valence-electron chi connectivity index (χ4n) is 7.22. The van der Waals surface area contributed by atoms with Crippen LogP contribution in [0.5, 0.6) is 34.5 Å². The van der Waals surface area contributed by atoms with Crippen molar-refractivity contribution in [2.75, 3.05) is 0 Å².